The van der Waals surface area contributed by atoms with Gasteiger partial charge in [-0.1, -0.05) is 19.1 Å². The van der Waals surface area contributed by atoms with Gasteiger partial charge in [-0.05, 0) is 30.9 Å². The first-order valence-corrected chi connectivity index (χ1v) is 7.93. The van der Waals surface area contributed by atoms with Gasteiger partial charge in [-0.25, -0.2) is 13.1 Å². The molecule has 2 N–H and O–H groups in total. The molecule has 0 aromatic heterocycles. The maximum absolute atomic E-state index is 12.8. The number of hydrogen-bond donors (Lipinski definition) is 2. The van der Waals surface area contributed by atoms with Gasteiger partial charge in [0.05, 0.1) is 10.5 Å². The first-order chi connectivity index (χ1) is 9.68. The summed E-state index contributed by atoms with van der Waals surface area (Å²) in [6.07, 6.45) is -3.70. The van der Waals surface area contributed by atoms with E-state index in [1.807, 2.05) is 0 Å². The van der Waals surface area contributed by atoms with E-state index < -0.39 is 26.7 Å². The Bertz CT molecular complexity index is 558. The number of benzene rings is 1. The highest BCUT2D eigenvalue weighted by Crippen LogP contribution is 2.33. The lowest BCUT2D eigenvalue weighted by molar-refractivity contribution is -0.139. The molecule has 0 bridgehead atoms. The molecule has 8 heteroatoms. The zero-order valence-corrected chi connectivity index (χ0v) is 12.3. The van der Waals surface area contributed by atoms with E-state index in [2.05, 4.69) is 4.72 Å². The zero-order valence-electron chi connectivity index (χ0n) is 11.5. The standard InChI is InChI=1S/C13H18F3NO3S/c1-10(9-18)5-4-8-17-21(19,20)12-7-3-2-6-11(12)13(14,15)16/h2-3,6-7,10,17-18H,4-5,8-9H2,1H3. The highest BCUT2D eigenvalue weighted by Gasteiger charge is 2.36. The largest absolute Gasteiger partial charge is 0.417 e. The van der Waals surface area contributed by atoms with Gasteiger partial charge in [0.1, 0.15) is 0 Å². The summed E-state index contributed by atoms with van der Waals surface area (Å²) in [6, 6.07) is 4.06. The van der Waals surface area contributed by atoms with Gasteiger partial charge in [0.15, 0.2) is 0 Å². The Labute approximate surface area is 122 Å². The first kappa shape index (κ1) is 17.9. The molecule has 0 heterocycles. The highest BCUT2D eigenvalue weighted by molar-refractivity contribution is 7.89. The summed E-state index contributed by atoms with van der Waals surface area (Å²) in [4.78, 5) is -0.771. The number of aliphatic hydroxyl groups excluding tert-OH is 1. The maximum Gasteiger partial charge on any atom is 0.417 e. The normalized spacial score (nSPS) is 14.1. The van der Waals surface area contributed by atoms with Crippen LogP contribution in [0.5, 0.6) is 0 Å². The minimum absolute atomic E-state index is 0.0103. The van der Waals surface area contributed by atoms with E-state index in [0.717, 1.165) is 18.2 Å². The van der Waals surface area contributed by atoms with Crippen LogP contribution in [0.2, 0.25) is 0 Å². The predicted molar refractivity (Wildman–Crippen MR) is 72.1 cm³/mol. The molecule has 1 aromatic rings. The fourth-order valence-electron chi connectivity index (χ4n) is 1.76. The van der Waals surface area contributed by atoms with E-state index >= 15 is 0 Å². The smallest absolute Gasteiger partial charge is 0.396 e. The monoisotopic (exact) mass is 325 g/mol. The molecule has 0 radical (unpaired) electrons. The van der Waals surface area contributed by atoms with Crippen molar-refractivity contribution in [3.63, 3.8) is 0 Å². The number of nitrogens with one attached hydrogen (secondary N) is 1. The number of sulfonamides is 1. The Morgan fingerprint density at radius 3 is 2.48 bits per heavy atom. The van der Waals surface area contributed by atoms with Gasteiger partial charge in [0.25, 0.3) is 0 Å². The Balaban J connectivity index is 2.80. The van der Waals surface area contributed by atoms with E-state index in [9.17, 15) is 21.6 Å². The molecule has 0 aliphatic carbocycles. The molecule has 0 fully saturated rings. The molecule has 1 atom stereocenters. The lowest BCUT2D eigenvalue weighted by Gasteiger charge is -2.14. The summed E-state index contributed by atoms with van der Waals surface area (Å²) in [6.45, 7) is 1.82. The minimum atomic E-state index is -4.73. The molecule has 4 nitrogen and oxygen atoms in total. The molecule has 0 amide bonds. The molecule has 0 aliphatic rings. The van der Waals surface area contributed by atoms with Crippen LogP contribution in [0.3, 0.4) is 0 Å². The highest BCUT2D eigenvalue weighted by atomic mass is 32.2. The Hall–Kier alpha value is -1.12. The van der Waals surface area contributed by atoms with Gasteiger partial charge in [-0.15, -0.1) is 0 Å². The van der Waals surface area contributed by atoms with E-state index in [0.29, 0.717) is 12.8 Å². The Morgan fingerprint density at radius 2 is 1.90 bits per heavy atom. The van der Waals surface area contributed by atoms with E-state index in [4.69, 9.17) is 5.11 Å². The maximum atomic E-state index is 12.8. The van der Waals surface area contributed by atoms with Crippen molar-refractivity contribution >= 4 is 10.0 Å². The number of hydrogen-bond acceptors (Lipinski definition) is 3. The SMILES string of the molecule is CC(CO)CCCNS(=O)(=O)c1ccccc1C(F)(F)F. The van der Waals surface area contributed by atoms with Gasteiger partial charge >= 0.3 is 6.18 Å². The second-order valence-electron chi connectivity index (χ2n) is 4.82. The average Bonchev–Trinajstić information content (AvgIpc) is 2.42. The van der Waals surface area contributed by atoms with Gasteiger partial charge in [0, 0.05) is 13.2 Å². The first-order valence-electron chi connectivity index (χ1n) is 6.45. The van der Waals surface area contributed by atoms with E-state index in [1.54, 1.807) is 6.92 Å². The third kappa shape index (κ3) is 5.29. The van der Waals surface area contributed by atoms with Crippen LogP contribution >= 0.6 is 0 Å². The third-order valence-corrected chi connectivity index (χ3v) is 4.48. The number of rotatable bonds is 7. The van der Waals surface area contributed by atoms with Gasteiger partial charge in [0.2, 0.25) is 10.0 Å². The van der Waals surface area contributed by atoms with Crippen LogP contribution in [0.1, 0.15) is 25.3 Å². The van der Waals surface area contributed by atoms with Crippen LogP contribution in [0, 0.1) is 5.92 Å². The van der Waals surface area contributed by atoms with Crippen molar-refractivity contribution in [2.24, 2.45) is 5.92 Å². The number of aliphatic hydroxyl groups is 1. The van der Waals surface area contributed by atoms with Crippen LogP contribution < -0.4 is 4.72 Å². The average molecular weight is 325 g/mol. The van der Waals surface area contributed by atoms with Crippen LogP contribution in [-0.4, -0.2) is 26.7 Å². The van der Waals surface area contributed by atoms with Crippen molar-refractivity contribution in [2.45, 2.75) is 30.8 Å². The molecular formula is C13H18F3NO3S. The summed E-state index contributed by atoms with van der Waals surface area (Å²) >= 11 is 0. The molecule has 0 saturated carbocycles. The predicted octanol–water partition coefficient (Wildman–Crippen LogP) is 2.39. The molecule has 1 aromatic carbocycles. The van der Waals surface area contributed by atoms with Crippen molar-refractivity contribution in [1.82, 2.24) is 4.72 Å². The minimum Gasteiger partial charge on any atom is -0.396 e. The zero-order chi connectivity index (χ0) is 16.1. The molecule has 1 unspecified atom stereocenters. The topological polar surface area (TPSA) is 66.4 Å². The van der Waals surface area contributed by atoms with Crippen molar-refractivity contribution < 1.29 is 26.7 Å². The fraction of sp³-hybridized carbons (Fsp3) is 0.538. The molecule has 21 heavy (non-hydrogen) atoms. The second-order valence-corrected chi connectivity index (χ2v) is 6.56. The lowest BCUT2D eigenvalue weighted by Crippen LogP contribution is -2.27. The molecular weight excluding hydrogens is 307 g/mol. The molecule has 120 valence electrons. The summed E-state index contributed by atoms with van der Waals surface area (Å²) in [5, 5.41) is 8.83. The van der Waals surface area contributed by atoms with Gasteiger partial charge in [-0.3, -0.25) is 0 Å². The van der Waals surface area contributed by atoms with E-state index in [-0.39, 0.29) is 19.1 Å². The van der Waals surface area contributed by atoms with Gasteiger partial charge < -0.3 is 5.11 Å². The lowest BCUT2D eigenvalue weighted by atomic mass is 10.1. The summed E-state index contributed by atoms with van der Waals surface area (Å²) in [7, 11) is -4.21. The Morgan fingerprint density at radius 1 is 1.29 bits per heavy atom. The number of halogens is 3. The fourth-order valence-corrected chi connectivity index (χ4v) is 3.06. The van der Waals surface area contributed by atoms with Crippen molar-refractivity contribution in [2.75, 3.05) is 13.2 Å². The molecule has 0 saturated heterocycles. The molecule has 1 rings (SSSR count). The molecule has 0 aliphatic heterocycles. The summed E-state index contributed by atoms with van der Waals surface area (Å²) < 4.78 is 64.5. The van der Waals surface area contributed by atoms with Crippen LogP contribution in [0.4, 0.5) is 13.2 Å². The van der Waals surface area contributed by atoms with E-state index in [1.165, 1.54) is 6.07 Å². The van der Waals surface area contributed by atoms with Crippen molar-refractivity contribution in [3.8, 4) is 0 Å². The summed E-state index contributed by atoms with van der Waals surface area (Å²) in [5.74, 6) is 0.0250. The Kier molecular flexibility index (Phi) is 6.18. The van der Waals surface area contributed by atoms with Crippen molar-refractivity contribution in [1.29, 1.82) is 0 Å². The molecule has 0 spiro atoms. The third-order valence-electron chi connectivity index (χ3n) is 2.96. The van der Waals surface area contributed by atoms with Gasteiger partial charge in [-0.2, -0.15) is 13.2 Å². The van der Waals surface area contributed by atoms with Crippen LogP contribution in [-0.2, 0) is 16.2 Å². The second kappa shape index (κ2) is 7.24. The summed E-state index contributed by atoms with van der Waals surface area (Å²) in [5.41, 5.74) is -1.18. The van der Waals surface area contributed by atoms with Crippen molar-refractivity contribution in [3.05, 3.63) is 29.8 Å². The quantitative estimate of drug-likeness (QED) is 0.757. The van der Waals surface area contributed by atoms with Crippen LogP contribution in [0.25, 0.3) is 0 Å². The van der Waals surface area contributed by atoms with Crippen LogP contribution in [0.15, 0.2) is 29.2 Å². The number of alkyl halides is 3.